The van der Waals surface area contributed by atoms with Gasteiger partial charge in [-0.3, -0.25) is 38.4 Å². The van der Waals surface area contributed by atoms with Crippen molar-refractivity contribution >= 4 is 23.6 Å². The Morgan fingerprint density at radius 3 is 1.06 bits per heavy atom. The molecule has 0 aliphatic rings. The third-order valence-corrected chi connectivity index (χ3v) is 7.06. The van der Waals surface area contributed by atoms with Crippen LogP contribution in [0.2, 0.25) is 0 Å². The molecule has 20 nitrogen and oxygen atoms in total. The SMILES string of the molecule is COn1c(C(=O)NCN(CN(CNC(=O)c2cccc(=O)n2OC)C(=O)c2cccc(=O)n2OC)C(=O)c2cccc(=O)n2OC)cccc1=O. The van der Waals surface area contributed by atoms with Gasteiger partial charge in [0.25, 0.3) is 45.9 Å². The van der Waals surface area contributed by atoms with Gasteiger partial charge in [-0.2, -0.15) is 0 Å². The molecule has 4 heterocycles. The molecule has 0 aliphatic heterocycles. The number of hydrogen-bond acceptors (Lipinski definition) is 12. The van der Waals surface area contributed by atoms with Crippen molar-refractivity contribution in [3.05, 3.63) is 137 Å². The van der Waals surface area contributed by atoms with Crippen molar-refractivity contribution in [2.75, 3.05) is 48.4 Å². The van der Waals surface area contributed by atoms with E-state index in [2.05, 4.69) is 10.6 Å². The summed E-state index contributed by atoms with van der Waals surface area (Å²) in [7, 11) is 4.60. The number of aromatic nitrogens is 4. The monoisotopic (exact) mass is 708 g/mol. The first-order chi connectivity index (χ1) is 24.5. The van der Waals surface area contributed by atoms with E-state index in [9.17, 15) is 38.4 Å². The molecule has 0 radical (unpaired) electrons. The molecule has 0 saturated carbocycles. The second kappa shape index (κ2) is 16.3. The number of hydrogen-bond donors (Lipinski definition) is 2. The first-order valence-corrected chi connectivity index (χ1v) is 14.7. The molecule has 0 bridgehead atoms. The molecule has 268 valence electrons. The average Bonchev–Trinajstić information content (AvgIpc) is 3.13. The molecular weight excluding hydrogens is 676 g/mol. The van der Waals surface area contributed by atoms with Gasteiger partial charge in [0.15, 0.2) is 0 Å². The largest absolute Gasteiger partial charge is 0.413 e. The number of pyridine rings is 4. The molecule has 4 amide bonds. The summed E-state index contributed by atoms with van der Waals surface area (Å²) >= 11 is 0. The molecule has 0 atom stereocenters. The zero-order valence-corrected chi connectivity index (χ0v) is 27.6. The van der Waals surface area contributed by atoms with E-state index >= 15 is 0 Å². The molecule has 20 heteroatoms. The third-order valence-electron chi connectivity index (χ3n) is 7.06. The van der Waals surface area contributed by atoms with Gasteiger partial charge in [0, 0.05) is 24.3 Å². The van der Waals surface area contributed by atoms with E-state index in [0.29, 0.717) is 18.9 Å². The van der Waals surface area contributed by atoms with Crippen molar-refractivity contribution in [2.45, 2.75) is 0 Å². The first-order valence-electron chi connectivity index (χ1n) is 14.7. The predicted octanol–water partition coefficient (Wildman–Crippen LogP) is -3.12. The van der Waals surface area contributed by atoms with Gasteiger partial charge in [-0.05, 0) is 24.3 Å². The molecule has 2 N–H and O–H groups in total. The summed E-state index contributed by atoms with van der Waals surface area (Å²) < 4.78 is 2.75. The van der Waals surface area contributed by atoms with E-state index in [0.717, 1.165) is 62.5 Å². The number of carbonyl (C=O) groups is 4. The number of amides is 4. The zero-order chi connectivity index (χ0) is 37.2. The number of nitrogens with zero attached hydrogens (tertiary/aromatic N) is 6. The van der Waals surface area contributed by atoms with Crippen molar-refractivity contribution in [1.82, 2.24) is 39.4 Å². The third kappa shape index (κ3) is 7.96. The van der Waals surface area contributed by atoms with E-state index in [4.69, 9.17) is 19.4 Å². The highest BCUT2D eigenvalue weighted by molar-refractivity contribution is 5.96. The van der Waals surface area contributed by atoms with Crippen molar-refractivity contribution in [3.8, 4) is 0 Å². The Morgan fingerprint density at radius 2 is 0.765 bits per heavy atom. The van der Waals surface area contributed by atoms with Crippen LogP contribution < -0.4 is 52.2 Å². The van der Waals surface area contributed by atoms with Crippen LogP contribution in [0.25, 0.3) is 0 Å². The van der Waals surface area contributed by atoms with Gasteiger partial charge in [0.05, 0.1) is 20.0 Å². The minimum absolute atomic E-state index is 0.244. The molecule has 0 aromatic carbocycles. The van der Waals surface area contributed by atoms with Crippen LogP contribution in [0.1, 0.15) is 42.0 Å². The normalized spacial score (nSPS) is 10.4. The van der Waals surface area contributed by atoms with Crippen LogP contribution in [0.3, 0.4) is 0 Å². The highest BCUT2D eigenvalue weighted by Crippen LogP contribution is 2.09. The van der Waals surface area contributed by atoms with E-state index < -0.39 is 65.9 Å². The molecular formula is C31H32N8O12. The van der Waals surface area contributed by atoms with Crippen molar-refractivity contribution < 1.29 is 38.5 Å². The van der Waals surface area contributed by atoms with Crippen LogP contribution in [0.15, 0.2) is 92.0 Å². The summed E-state index contributed by atoms with van der Waals surface area (Å²) in [5.41, 5.74) is -3.91. The Labute approximate surface area is 287 Å². The second-order valence-electron chi connectivity index (χ2n) is 10.1. The van der Waals surface area contributed by atoms with Crippen molar-refractivity contribution in [2.24, 2.45) is 0 Å². The van der Waals surface area contributed by atoms with Gasteiger partial charge >= 0.3 is 0 Å². The summed E-state index contributed by atoms with van der Waals surface area (Å²) in [5, 5.41) is 4.94. The van der Waals surface area contributed by atoms with Crippen molar-refractivity contribution in [1.29, 1.82) is 0 Å². The zero-order valence-electron chi connectivity index (χ0n) is 27.6. The molecule has 51 heavy (non-hydrogen) atoms. The Kier molecular flexibility index (Phi) is 11.7. The second-order valence-corrected chi connectivity index (χ2v) is 10.1. The van der Waals surface area contributed by atoms with Gasteiger partial charge in [-0.15, -0.1) is 18.9 Å². The fourth-order valence-corrected chi connectivity index (χ4v) is 4.73. The summed E-state index contributed by atoms with van der Waals surface area (Å²) in [6.07, 6.45) is 0. The lowest BCUT2D eigenvalue weighted by Gasteiger charge is -2.31. The Hall–Kier alpha value is -7.12. The van der Waals surface area contributed by atoms with E-state index in [-0.39, 0.29) is 22.8 Å². The molecule has 0 spiro atoms. The molecule has 0 unspecified atom stereocenters. The smallest absolute Gasteiger partial charge is 0.283 e. The minimum atomic E-state index is -0.954. The first kappa shape index (κ1) is 36.7. The molecule has 4 aromatic heterocycles. The molecule has 0 saturated heterocycles. The number of carbonyl (C=O) groups excluding carboxylic acids is 4. The maximum atomic E-state index is 14.1. The van der Waals surface area contributed by atoms with Crippen LogP contribution in [0.5, 0.6) is 0 Å². The molecule has 4 rings (SSSR count). The maximum absolute atomic E-state index is 14.1. The van der Waals surface area contributed by atoms with Crippen LogP contribution in [-0.2, 0) is 0 Å². The van der Waals surface area contributed by atoms with Crippen LogP contribution in [-0.4, -0.2) is 101 Å². The lowest BCUT2D eigenvalue weighted by Crippen LogP contribution is -2.53. The topological polar surface area (TPSA) is 224 Å². The quantitative estimate of drug-likeness (QED) is 0.124. The van der Waals surface area contributed by atoms with Crippen molar-refractivity contribution in [3.63, 3.8) is 0 Å². The summed E-state index contributed by atoms with van der Waals surface area (Å²) in [4.78, 5) is 126. The highest BCUT2D eigenvalue weighted by atomic mass is 16.7. The van der Waals surface area contributed by atoms with Crippen LogP contribution >= 0.6 is 0 Å². The predicted molar refractivity (Wildman–Crippen MR) is 175 cm³/mol. The Bertz CT molecular complexity index is 2040. The number of nitrogens with one attached hydrogen (secondary N) is 2. The molecule has 0 aliphatic carbocycles. The number of rotatable bonds is 14. The summed E-state index contributed by atoms with van der Waals surface area (Å²) in [5.74, 6) is -3.67. The lowest BCUT2D eigenvalue weighted by molar-refractivity contribution is 0.0432. The summed E-state index contributed by atoms with van der Waals surface area (Å²) in [6, 6.07) is 14.8. The lowest BCUT2D eigenvalue weighted by atomic mass is 10.3. The van der Waals surface area contributed by atoms with E-state index in [1.165, 1.54) is 48.5 Å². The standard InChI is InChI=1S/C31H32N8O12/c1-48-36-20(9-5-13-24(36)40)28(44)32-17-34(30(46)22-11-7-15-26(42)38(22)50-3)19-35(31(47)23-12-8-16-27(43)39(23)51-4)18-33-29(45)21-10-6-14-25(41)37(21)49-2/h5-16H,17-19H2,1-4H3,(H,32,44)(H,33,45). The molecule has 0 fully saturated rings. The van der Waals surface area contributed by atoms with E-state index in [1.54, 1.807) is 0 Å². The van der Waals surface area contributed by atoms with Gasteiger partial charge in [-0.25, -0.2) is 0 Å². The maximum Gasteiger partial charge on any atom is 0.283 e. The Balaban J connectivity index is 1.77. The average molecular weight is 709 g/mol. The van der Waals surface area contributed by atoms with Gasteiger partial charge in [0.1, 0.15) is 51.2 Å². The minimum Gasteiger partial charge on any atom is -0.413 e. The fourth-order valence-electron chi connectivity index (χ4n) is 4.73. The van der Waals surface area contributed by atoms with E-state index in [1.807, 2.05) is 0 Å². The molecule has 4 aromatic rings. The highest BCUT2D eigenvalue weighted by Gasteiger charge is 2.29. The van der Waals surface area contributed by atoms with Gasteiger partial charge in [0.2, 0.25) is 0 Å². The summed E-state index contributed by atoms with van der Waals surface area (Å²) in [6.45, 7) is -2.05. The van der Waals surface area contributed by atoms with Gasteiger partial charge in [-0.1, -0.05) is 24.3 Å². The van der Waals surface area contributed by atoms with Gasteiger partial charge < -0.3 is 39.8 Å². The Morgan fingerprint density at radius 1 is 0.490 bits per heavy atom. The van der Waals surface area contributed by atoms with Crippen LogP contribution in [0.4, 0.5) is 0 Å². The van der Waals surface area contributed by atoms with Crippen LogP contribution in [0, 0.1) is 0 Å². The fraction of sp³-hybridized carbons (Fsp3) is 0.226.